The lowest BCUT2D eigenvalue weighted by Gasteiger charge is -2.09. The maximum Gasteiger partial charge on any atom is 0.240 e. The number of allylic oxidation sites excluding steroid dienone is 1. The first-order valence-electron chi connectivity index (χ1n) is 4.86. The minimum atomic E-state index is 0.445. The number of rotatable bonds is 6. The normalized spacial score (nSPS) is 12.7. The van der Waals surface area contributed by atoms with Gasteiger partial charge in [-0.05, 0) is 26.7 Å². The molecule has 0 aliphatic rings. The average Bonchev–Trinajstić information content (AvgIpc) is 2.58. The van der Waals surface area contributed by atoms with Crippen LogP contribution in [-0.4, -0.2) is 16.2 Å². The van der Waals surface area contributed by atoms with E-state index in [0.29, 0.717) is 24.3 Å². The number of hydrogen-bond acceptors (Lipinski definition) is 4. The van der Waals surface area contributed by atoms with Gasteiger partial charge in [0.15, 0.2) is 5.82 Å². The minimum absolute atomic E-state index is 0.445. The van der Waals surface area contributed by atoms with E-state index >= 15 is 0 Å². The van der Waals surface area contributed by atoms with Crippen LogP contribution < -0.4 is 5.32 Å². The fraction of sp³-hybridized carbons (Fsp3) is 0.600. The summed E-state index contributed by atoms with van der Waals surface area (Å²) in [6, 6.07) is 0.445. The van der Waals surface area contributed by atoms with Crippen LogP contribution in [0.1, 0.15) is 31.5 Å². The SMILES string of the molecule is C=CCCC(C)NCc1nc(C)no1. The van der Waals surface area contributed by atoms with Gasteiger partial charge >= 0.3 is 0 Å². The molecule has 1 N–H and O–H groups in total. The predicted molar refractivity (Wildman–Crippen MR) is 54.8 cm³/mol. The van der Waals surface area contributed by atoms with Crippen molar-refractivity contribution in [2.24, 2.45) is 0 Å². The molecule has 0 aliphatic carbocycles. The third-order valence-electron chi connectivity index (χ3n) is 1.98. The van der Waals surface area contributed by atoms with Crippen molar-refractivity contribution in [1.82, 2.24) is 15.5 Å². The van der Waals surface area contributed by atoms with Gasteiger partial charge in [0.2, 0.25) is 5.89 Å². The number of aromatic nitrogens is 2. The van der Waals surface area contributed by atoms with Gasteiger partial charge in [0.05, 0.1) is 6.54 Å². The smallest absolute Gasteiger partial charge is 0.240 e. The van der Waals surface area contributed by atoms with Gasteiger partial charge in [-0.2, -0.15) is 4.98 Å². The third kappa shape index (κ3) is 3.70. The van der Waals surface area contributed by atoms with Gasteiger partial charge < -0.3 is 9.84 Å². The van der Waals surface area contributed by atoms with Gasteiger partial charge in [-0.1, -0.05) is 11.2 Å². The van der Waals surface area contributed by atoms with Crippen molar-refractivity contribution in [3.8, 4) is 0 Å². The molecule has 0 amide bonds. The Balaban J connectivity index is 2.23. The Hall–Kier alpha value is -1.16. The van der Waals surface area contributed by atoms with Crippen LogP contribution in [0.5, 0.6) is 0 Å². The highest BCUT2D eigenvalue weighted by Crippen LogP contribution is 1.99. The molecule has 1 atom stereocenters. The first-order chi connectivity index (χ1) is 6.72. The van der Waals surface area contributed by atoms with Crippen LogP contribution in [0.2, 0.25) is 0 Å². The fourth-order valence-corrected chi connectivity index (χ4v) is 1.14. The summed E-state index contributed by atoms with van der Waals surface area (Å²) in [5, 5.41) is 7.02. The topological polar surface area (TPSA) is 51.0 Å². The highest BCUT2D eigenvalue weighted by molar-refractivity contribution is 4.82. The van der Waals surface area contributed by atoms with Crippen molar-refractivity contribution < 1.29 is 4.52 Å². The summed E-state index contributed by atoms with van der Waals surface area (Å²) in [5.74, 6) is 1.33. The minimum Gasteiger partial charge on any atom is -0.338 e. The van der Waals surface area contributed by atoms with Gasteiger partial charge in [-0.3, -0.25) is 0 Å². The molecule has 14 heavy (non-hydrogen) atoms. The lowest BCUT2D eigenvalue weighted by Crippen LogP contribution is -2.25. The van der Waals surface area contributed by atoms with E-state index in [9.17, 15) is 0 Å². The van der Waals surface area contributed by atoms with E-state index in [-0.39, 0.29) is 0 Å². The monoisotopic (exact) mass is 195 g/mol. The zero-order valence-corrected chi connectivity index (χ0v) is 8.79. The molecular formula is C10H17N3O. The van der Waals surface area contributed by atoms with Crippen LogP contribution in [0.3, 0.4) is 0 Å². The Morgan fingerprint density at radius 2 is 2.43 bits per heavy atom. The first-order valence-corrected chi connectivity index (χ1v) is 4.86. The van der Waals surface area contributed by atoms with Crippen LogP contribution in [0.25, 0.3) is 0 Å². The Labute approximate surface area is 84.4 Å². The van der Waals surface area contributed by atoms with Crippen molar-refractivity contribution in [3.63, 3.8) is 0 Å². The summed E-state index contributed by atoms with van der Waals surface area (Å²) in [6.07, 6.45) is 4.03. The highest BCUT2D eigenvalue weighted by Gasteiger charge is 2.04. The van der Waals surface area contributed by atoms with Crippen molar-refractivity contribution in [2.75, 3.05) is 0 Å². The van der Waals surface area contributed by atoms with Gasteiger partial charge in [0.1, 0.15) is 0 Å². The largest absolute Gasteiger partial charge is 0.338 e. The predicted octanol–water partition coefficient (Wildman–Crippen LogP) is 1.82. The van der Waals surface area contributed by atoms with E-state index in [1.807, 2.05) is 13.0 Å². The maximum absolute atomic E-state index is 4.98. The molecule has 1 aromatic heterocycles. The molecule has 1 aromatic rings. The summed E-state index contributed by atoms with van der Waals surface area (Å²) >= 11 is 0. The van der Waals surface area contributed by atoms with E-state index in [1.54, 1.807) is 0 Å². The number of hydrogen-bond donors (Lipinski definition) is 1. The summed E-state index contributed by atoms with van der Waals surface area (Å²) in [5.41, 5.74) is 0. The molecule has 0 radical (unpaired) electrons. The second kappa shape index (κ2) is 5.54. The van der Waals surface area contributed by atoms with Crippen molar-refractivity contribution in [1.29, 1.82) is 0 Å². The van der Waals surface area contributed by atoms with Gasteiger partial charge in [-0.15, -0.1) is 6.58 Å². The maximum atomic E-state index is 4.98. The Bertz CT molecular complexity index is 283. The molecule has 1 rings (SSSR count). The van der Waals surface area contributed by atoms with Crippen molar-refractivity contribution >= 4 is 0 Å². The molecule has 1 heterocycles. The van der Waals surface area contributed by atoms with E-state index in [4.69, 9.17) is 4.52 Å². The lowest BCUT2D eigenvalue weighted by molar-refractivity contribution is 0.354. The van der Waals surface area contributed by atoms with Crippen LogP contribution in [0.15, 0.2) is 17.2 Å². The molecule has 78 valence electrons. The lowest BCUT2D eigenvalue weighted by atomic mass is 10.2. The van der Waals surface area contributed by atoms with E-state index in [2.05, 4.69) is 29.0 Å². The summed E-state index contributed by atoms with van der Waals surface area (Å²) < 4.78 is 4.98. The molecule has 0 saturated heterocycles. The second-order valence-electron chi connectivity index (χ2n) is 3.38. The quantitative estimate of drug-likeness (QED) is 0.703. The van der Waals surface area contributed by atoms with E-state index in [0.717, 1.165) is 12.8 Å². The van der Waals surface area contributed by atoms with Crippen molar-refractivity contribution in [2.45, 2.75) is 39.3 Å². The van der Waals surface area contributed by atoms with Crippen LogP contribution in [-0.2, 0) is 6.54 Å². The summed E-state index contributed by atoms with van der Waals surface area (Å²) in [7, 11) is 0. The molecule has 4 nitrogen and oxygen atoms in total. The van der Waals surface area contributed by atoms with Gasteiger partial charge in [0.25, 0.3) is 0 Å². The summed E-state index contributed by atoms with van der Waals surface area (Å²) in [6.45, 7) is 8.27. The molecule has 0 saturated carbocycles. The van der Waals surface area contributed by atoms with Gasteiger partial charge in [-0.25, -0.2) is 0 Å². The fourth-order valence-electron chi connectivity index (χ4n) is 1.14. The standard InChI is InChI=1S/C10H17N3O/c1-4-5-6-8(2)11-7-10-12-9(3)13-14-10/h4,8,11H,1,5-7H2,2-3H3. The molecular weight excluding hydrogens is 178 g/mol. The highest BCUT2D eigenvalue weighted by atomic mass is 16.5. The van der Waals surface area contributed by atoms with Crippen LogP contribution >= 0.6 is 0 Å². The van der Waals surface area contributed by atoms with Crippen LogP contribution in [0, 0.1) is 6.92 Å². The Morgan fingerprint density at radius 1 is 1.64 bits per heavy atom. The molecule has 1 unspecified atom stereocenters. The Kier molecular flexibility index (Phi) is 4.32. The zero-order chi connectivity index (χ0) is 10.4. The first kappa shape index (κ1) is 10.9. The second-order valence-corrected chi connectivity index (χ2v) is 3.38. The molecule has 0 aliphatic heterocycles. The number of nitrogens with zero attached hydrogens (tertiary/aromatic N) is 2. The van der Waals surface area contributed by atoms with Crippen LogP contribution in [0.4, 0.5) is 0 Å². The van der Waals surface area contributed by atoms with E-state index < -0.39 is 0 Å². The van der Waals surface area contributed by atoms with Crippen molar-refractivity contribution in [3.05, 3.63) is 24.4 Å². The molecule has 0 fully saturated rings. The summed E-state index contributed by atoms with van der Waals surface area (Å²) in [4.78, 5) is 4.10. The van der Waals surface area contributed by atoms with E-state index in [1.165, 1.54) is 0 Å². The molecule has 0 bridgehead atoms. The molecule has 4 heteroatoms. The molecule has 0 aromatic carbocycles. The average molecular weight is 195 g/mol. The number of nitrogens with one attached hydrogen (secondary N) is 1. The Morgan fingerprint density at radius 3 is 3.00 bits per heavy atom. The molecule has 0 spiro atoms. The zero-order valence-electron chi connectivity index (χ0n) is 8.79. The number of aryl methyl sites for hydroxylation is 1. The third-order valence-corrected chi connectivity index (χ3v) is 1.98. The van der Waals surface area contributed by atoms with Gasteiger partial charge in [0, 0.05) is 6.04 Å².